The maximum atomic E-state index is 13.2. The standard InChI is InChI=1S/C22H25FN4O4S/c23-18-7-9-19(10-8-18)32(30,31)26-12-4-11-25(13-14-26)16-27-21(28)20(24-22(27)29)15-17-5-2-1-3-6-17/h1-3,5-10,20H,4,11-16H2,(H,24,29). The van der Waals surface area contributed by atoms with E-state index in [0.717, 1.165) is 17.7 Å². The highest BCUT2D eigenvalue weighted by atomic mass is 32.2. The average Bonchev–Trinajstić information content (AvgIpc) is 2.94. The molecule has 2 saturated heterocycles. The van der Waals surface area contributed by atoms with Crippen LogP contribution in [0.1, 0.15) is 12.0 Å². The third-order valence-electron chi connectivity index (χ3n) is 5.73. The first-order chi connectivity index (χ1) is 15.3. The van der Waals surface area contributed by atoms with Crippen LogP contribution in [0.15, 0.2) is 59.5 Å². The topological polar surface area (TPSA) is 90.0 Å². The van der Waals surface area contributed by atoms with Crippen LogP contribution in [0.2, 0.25) is 0 Å². The molecule has 0 aliphatic carbocycles. The molecule has 4 rings (SSSR count). The molecule has 1 atom stereocenters. The van der Waals surface area contributed by atoms with E-state index in [1.165, 1.54) is 21.3 Å². The molecule has 0 spiro atoms. The van der Waals surface area contributed by atoms with Crippen LogP contribution in [0.4, 0.5) is 9.18 Å². The second kappa shape index (κ2) is 9.35. The van der Waals surface area contributed by atoms with Gasteiger partial charge < -0.3 is 5.32 Å². The summed E-state index contributed by atoms with van der Waals surface area (Å²) in [5.74, 6) is -0.774. The minimum atomic E-state index is -3.74. The molecule has 32 heavy (non-hydrogen) atoms. The summed E-state index contributed by atoms with van der Waals surface area (Å²) in [5, 5.41) is 2.74. The van der Waals surface area contributed by atoms with Crippen molar-refractivity contribution in [3.05, 3.63) is 66.0 Å². The minimum absolute atomic E-state index is 0.0465. The first kappa shape index (κ1) is 22.4. The number of carbonyl (C=O) groups excluding carboxylic acids is 2. The number of benzene rings is 2. The van der Waals surface area contributed by atoms with Crippen LogP contribution in [0.25, 0.3) is 0 Å². The molecule has 2 aromatic carbocycles. The Kier molecular flexibility index (Phi) is 6.54. The van der Waals surface area contributed by atoms with Gasteiger partial charge in [0.25, 0.3) is 5.91 Å². The van der Waals surface area contributed by atoms with Crippen molar-refractivity contribution in [2.75, 3.05) is 32.8 Å². The Bertz CT molecular complexity index is 1080. The summed E-state index contributed by atoms with van der Waals surface area (Å²) in [6, 6.07) is 13.2. The molecule has 2 heterocycles. The van der Waals surface area contributed by atoms with E-state index in [0.29, 0.717) is 32.5 Å². The number of carbonyl (C=O) groups is 2. The number of halogens is 1. The summed E-state index contributed by atoms with van der Waals surface area (Å²) >= 11 is 0. The Morgan fingerprint density at radius 3 is 2.38 bits per heavy atom. The Hall–Kier alpha value is -2.82. The van der Waals surface area contributed by atoms with E-state index in [1.54, 1.807) is 0 Å². The highest BCUT2D eigenvalue weighted by molar-refractivity contribution is 7.89. The number of urea groups is 1. The number of nitrogens with one attached hydrogen (secondary N) is 1. The molecular weight excluding hydrogens is 435 g/mol. The molecule has 10 heteroatoms. The second-order valence-corrected chi connectivity index (χ2v) is 9.87. The molecule has 1 unspecified atom stereocenters. The first-order valence-electron chi connectivity index (χ1n) is 10.5. The van der Waals surface area contributed by atoms with Gasteiger partial charge in [0.1, 0.15) is 11.9 Å². The summed E-state index contributed by atoms with van der Waals surface area (Å²) in [4.78, 5) is 28.4. The molecule has 170 valence electrons. The van der Waals surface area contributed by atoms with Crippen molar-refractivity contribution >= 4 is 22.0 Å². The van der Waals surface area contributed by atoms with Crippen molar-refractivity contribution in [3.63, 3.8) is 0 Å². The number of sulfonamides is 1. The van der Waals surface area contributed by atoms with E-state index in [9.17, 15) is 22.4 Å². The lowest BCUT2D eigenvalue weighted by Gasteiger charge is -2.25. The van der Waals surface area contributed by atoms with Gasteiger partial charge in [-0.3, -0.25) is 9.69 Å². The van der Waals surface area contributed by atoms with E-state index in [1.807, 2.05) is 35.2 Å². The lowest BCUT2D eigenvalue weighted by atomic mass is 10.1. The van der Waals surface area contributed by atoms with Gasteiger partial charge in [0.15, 0.2) is 0 Å². The van der Waals surface area contributed by atoms with Crippen LogP contribution in [-0.4, -0.2) is 73.4 Å². The van der Waals surface area contributed by atoms with Crippen molar-refractivity contribution in [2.45, 2.75) is 23.8 Å². The zero-order valence-corrected chi connectivity index (χ0v) is 18.3. The highest BCUT2D eigenvalue weighted by Crippen LogP contribution is 2.19. The summed E-state index contributed by atoms with van der Waals surface area (Å²) in [6.45, 7) is 1.57. The predicted octanol–water partition coefficient (Wildman–Crippen LogP) is 1.64. The molecule has 0 bridgehead atoms. The molecule has 0 saturated carbocycles. The lowest BCUT2D eigenvalue weighted by Crippen LogP contribution is -2.43. The zero-order valence-electron chi connectivity index (χ0n) is 17.5. The normalized spacial score (nSPS) is 20.9. The number of hydrogen-bond acceptors (Lipinski definition) is 5. The summed E-state index contributed by atoms with van der Waals surface area (Å²) in [5.41, 5.74) is 0.962. The average molecular weight is 461 g/mol. The largest absolute Gasteiger partial charge is 0.325 e. The minimum Gasteiger partial charge on any atom is -0.325 e. The van der Waals surface area contributed by atoms with Gasteiger partial charge in [-0.25, -0.2) is 22.5 Å². The van der Waals surface area contributed by atoms with Gasteiger partial charge in [0.05, 0.1) is 11.6 Å². The molecule has 2 aromatic rings. The third kappa shape index (κ3) is 4.82. The number of nitrogens with zero attached hydrogens (tertiary/aromatic N) is 3. The molecule has 8 nitrogen and oxygen atoms in total. The second-order valence-electron chi connectivity index (χ2n) is 7.93. The molecule has 2 aliphatic rings. The number of imide groups is 1. The van der Waals surface area contributed by atoms with E-state index in [2.05, 4.69) is 5.32 Å². The van der Waals surface area contributed by atoms with Crippen LogP contribution >= 0.6 is 0 Å². The molecular formula is C22H25FN4O4S. The predicted molar refractivity (Wildman–Crippen MR) is 116 cm³/mol. The summed E-state index contributed by atoms with van der Waals surface area (Å²) in [6.07, 6.45) is 0.975. The Balaban J connectivity index is 1.37. The molecule has 2 fully saturated rings. The van der Waals surface area contributed by atoms with Crippen LogP contribution in [0, 0.1) is 5.82 Å². The lowest BCUT2D eigenvalue weighted by molar-refractivity contribution is -0.128. The van der Waals surface area contributed by atoms with E-state index >= 15 is 0 Å². The number of rotatable bonds is 6. The monoisotopic (exact) mass is 460 g/mol. The highest BCUT2D eigenvalue weighted by Gasteiger charge is 2.39. The van der Waals surface area contributed by atoms with Gasteiger partial charge in [-0.2, -0.15) is 4.31 Å². The quantitative estimate of drug-likeness (QED) is 0.662. The maximum absolute atomic E-state index is 13.2. The fraction of sp³-hybridized carbons (Fsp3) is 0.364. The van der Waals surface area contributed by atoms with E-state index in [4.69, 9.17) is 0 Å². The van der Waals surface area contributed by atoms with Crippen LogP contribution in [0.3, 0.4) is 0 Å². The number of amides is 3. The molecule has 3 amide bonds. The maximum Gasteiger partial charge on any atom is 0.325 e. The molecule has 2 aliphatic heterocycles. The van der Waals surface area contributed by atoms with Crippen molar-refractivity contribution in [2.24, 2.45) is 0 Å². The Labute approximate surface area is 186 Å². The van der Waals surface area contributed by atoms with Gasteiger partial charge in [-0.1, -0.05) is 30.3 Å². The van der Waals surface area contributed by atoms with Crippen molar-refractivity contribution < 1.29 is 22.4 Å². The fourth-order valence-electron chi connectivity index (χ4n) is 3.98. The molecule has 0 aromatic heterocycles. The zero-order chi connectivity index (χ0) is 22.7. The van der Waals surface area contributed by atoms with Gasteiger partial charge in [-0.15, -0.1) is 0 Å². The Morgan fingerprint density at radius 1 is 0.938 bits per heavy atom. The van der Waals surface area contributed by atoms with Gasteiger partial charge in [-0.05, 0) is 36.2 Å². The van der Waals surface area contributed by atoms with Crippen LogP contribution in [0.5, 0.6) is 0 Å². The van der Waals surface area contributed by atoms with Gasteiger partial charge >= 0.3 is 6.03 Å². The van der Waals surface area contributed by atoms with Crippen molar-refractivity contribution in [3.8, 4) is 0 Å². The van der Waals surface area contributed by atoms with E-state index < -0.39 is 27.9 Å². The summed E-state index contributed by atoms with van der Waals surface area (Å²) < 4.78 is 40.3. The SMILES string of the molecule is O=C1NC(Cc2ccccc2)C(=O)N1CN1CCCN(S(=O)(=O)c2ccc(F)cc2)CC1. The number of hydrogen-bond donors (Lipinski definition) is 1. The Morgan fingerprint density at radius 2 is 1.66 bits per heavy atom. The van der Waals surface area contributed by atoms with Crippen LogP contribution in [-0.2, 0) is 21.2 Å². The van der Waals surface area contributed by atoms with Crippen LogP contribution < -0.4 is 5.32 Å². The smallest absolute Gasteiger partial charge is 0.325 e. The fourth-order valence-corrected chi connectivity index (χ4v) is 5.45. The first-order valence-corrected chi connectivity index (χ1v) is 11.9. The van der Waals surface area contributed by atoms with E-state index in [-0.39, 0.29) is 24.0 Å². The molecule has 0 radical (unpaired) electrons. The van der Waals surface area contributed by atoms with Crippen molar-refractivity contribution in [1.29, 1.82) is 0 Å². The van der Waals surface area contributed by atoms with Gasteiger partial charge in [0.2, 0.25) is 10.0 Å². The third-order valence-corrected chi connectivity index (χ3v) is 7.64. The van der Waals surface area contributed by atoms with Crippen molar-refractivity contribution in [1.82, 2.24) is 19.4 Å². The molecule has 1 N–H and O–H groups in total. The van der Waals surface area contributed by atoms with Gasteiger partial charge in [0, 0.05) is 32.6 Å². The summed E-state index contributed by atoms with van der Waals surface area (Å²) in [7, 11) is -3.74.